The zero-order valence-corrected chi connectivity index (χ0v) is 22.0. The number of nitrogens with two attached hydrogens (primary N) is 1. The summed E-state index contributed by atoms with van der Waals surface area (Å²) in [6, 6.07) is 51.2. The van der Waals surface area contributed by atoms with Crippen LogP contribution in [-0.4, -0.2) is 5.78 Å². The molecule has 2 nitrogen and oxygen atoms in total. The summed E-state index contributed by atoms with van der Waals surface area (Å²) >= 11 is 0. The quantitative estimate of drug-likeness (QED) is 0.154. The van der Waals surface area contributed by atoms with Crippen LogP contribution in [0, 0.1) is 5.41 Å². The van der Waals surface area contributed by atoms with E-state index in [4.69, 9.17) is 5.73 Å². The number of carbonyl (C=O) groups excluding carboxylic acids is 1. The van der Waals surface area contributed by atoms with Crippen LogP contribution in [0.4, 0.5) is 0 Å². The molecule has 0 fully saturated rings. The number of Topliss-reactive ketones (excluding diaryl/α,β-unsaturated/α-hetero) is 1. The fourth-order valence-electron chi connectivity index (χ4n) is 5.62. The van der Waals surface area contributed by atoms with Gasteiger partial charge < -0.3 is 5.73 Å². The Labute approximate surface area is 231 Å². The third-order valence-electron chi connectivity index (χ3n) is 7.30. The van der Waals surface area contributed by atoms with Gasteiger partial charge in [-0.25, -0.2) is 0 Å². The molecule has 0 aliphatic carbocycles. The Balaban J connectivity index is 1.79. The maximum absolute atomic E-state index is 14.0. The van der Waals surface area contributed by atoms with E-state index in [1.54, 1.807) is 0 Å². The monoisotopic (exact) mass is 507 g/mol. The molecule has 5 aromatic carbocycles. The summed E-state index contributed by atoms with van der Waals surface area (Å²) in [5.74, 6) is -0.145. The van der Waals surface area contributed by atoms with Crippen molar-refractivity contribution < 1.29 is 4.79 Å². The normalized spacial score (nSPS) is 12.0. The Bertz CT molecular complexity index is 1410. The maximum Gasteiger partial charge on any atom is 0.208 e. The predicted octanol–water partition coefficient (Wildman–Crippen LogP) is 7.95. The Morgan fingerprint density at radius 3 is 1.13 bits per heavy atom. The highest BCUT2D eigenvalue weighted by atomic mass is 16.1. The highest BCUT2D eigenvalue weighted by Gasteiger charge is 2.39. The van der Waals surface area contributed by atoms with E-state index in [9.17, 15) is 4.79 Å². The molecule has 0 spiro atoms. The van der Waals surface area contributed by atoms with Gasteiger partial charge in [0.15, 0.2) is 0 Å². The van der Waals surface area contributed by atoms with E-state index >= 15 is 0 Å². The second kappa shape index (κ2) is 12.2. The summed E-state index contributed by atoms with van der Waals surface area (Å²) < 4.78 is 0. The summed E-state index contributed by atoms with van der Waals surface area (Å²) in [5, 5.41) is 0. The highest BCUT2D eigenvalue weighted by Crippen LogP contribution is 2.45. The van der Waals surface area contributed by atoms with E-state index in [-0.39, 0.29) is 5.78 Å². The van der Waals surface area contributed by atoms with Crippen LogP contribution in [0.2, 0.25) is 0 Å². The molecular weight excluding hydrogens is 474 g/mol. The minimum Gasteiger partial charge on any atom is -0.395 e. The number of ketones is 1. The smallest absolute Gasteiger partial charge is 0.208 e. The molecule has 0 aliphatic rings. The first-order valence-corrected chi connectivity index (χ1v) is 13.4. The largest absolute Gasteiger partial charge is 0.395 e. The van der Waals surface area contributed by atoms with Crippen molar-refractivity contribution in [3.8, 4) is 0 Å². The third-order valence-corrected chi connectivity index (χ3v) is 7.30. The molecule has 5 rings (SSSR count). The number of benzene rings is 5. The minimum atomic E-state index is -0.500. The number of hydrogen-bond acceptors (Lipinski definition) is 2. The Morgan fingerprint density at radius 1 is 0.462 bits per heavy atom. The van der Waals surface area contributed by atoms with Crippen molar-refractivity contribution in [1.82, 2.24) is 0 Å². The van der Waals surface area contributed by atoms with Crippen molar-refractivity contribution in [1.29, 1.82) is 0 Å². The van der Waals surface area contributed by atoms with Crippen molar-refractivity contribution in [3.05, 3.63) is 185 Å². The molecule has 0 saturated heterocycles. The zero-order valence-electron chi connectivity index (χ0n) is 22.0. The fraction of sp³-hybridized carbons (Fsp3) is 0.108. The lowest BCUT2D eigenvalue weighted by Crippen LogP contribution is -2.34. The summed E-state index contributed by atoms with van der Waals surface area (Å²) in [6.45, 7) is 0. The standard InChI is InChI=1S/C37H33NO/c38-35(36(39)33-24-14-5-15-25-33)34(32-22-12-4-13-23-32)37(26-29-16-6-1-7-17-29,27-30-18-8-2-9-19-30)28-31-20-10-3-11-21-31/h1-25H,26-28,38H2/b35-34+. The zero-order chi connectivity index (χ0) is 26.9. The average molecular weight is 508 g/mol. The van der Waals surface area contributed by atoms with Crippen LogP contribution in [0.25, 0.3) is 5.57 Å². The molecule has 2 N–H and O–H groups in total. The minimum absolute atomic E-state index is 0.145. The molecule has 5 aromatic rings. The summed E-state index contributed by atoms with van der Waals surface area (Å²) in [5.41, 5.74) is 12.9. The molecule has 0 unspecified atom stereocenters. The van der Waals surface area contributed by atoms with E-state index in [2.05, 4.69) is 84.9 Å². The molecule has 0 amide bonds. The van der Waals surface area contributed by atoms with Crippen LogP contribution in [0.5, 0.6) is 0 Å². The first kappa shape index (κ1) is 25.9. The predicted molar refractivity (Wildman–Crippen MR) is 161 cm³/mol. The maximum atomic E-state index is 14.0. The van der Waals surface area contributed by atoms with Crippen LogP contribution in [0.3, 0.4) is 0 Å². The van der Waals surface area contributed by atoms with Crippen molar-refractivity contribution in [2.24, 2.45) is 11.1 Å². The van der Waals surface area contributed by atoms with Gasteiger partial charge in [0, 0.05) is 11.0 Å². The van der Waals surface area contributed by atoms with Gasteiger partial charge in [-0.1, -0.05) is 152 Å². The molecule has 192 valence electrons. The van der Waals surface area contributed by atoms with Gasteiger partial charge in [0.2, 0.25) is 5.78 Å². The van der Waals surface area contributed by atoms with Gasteiger partial charge in [0.25, 0.3) is 0 Å². The lowest BCUT2D eigenvalue weighted by Gasteiger charge is -2.39. The third kappa shape index (κ3) is 6.25. The van der Waals surface area contributed by atoms with Crippen LogP contribution in [-0.2, 0) is 19.3 Å². The van der Waals surface area contributed by atoms with E-state index in [0.717, 1.165) is 30.4 Å². The molecule has 0 atom stereocenters. The van der Waals surface area contributed by atoms with Gasteiger partial charge in [0.1, 0.15) is 0 Å². The Hall–Kier alpha value is -4.69. The van der Waals surface area contributed by atoms with Crippen molar-refractivity contribution in [2.45, 2.75) is 19.3 Å². The Kier molecular flexibility index (Phi) is 8.14. The lowest BCUT2D eigenvalue weighted by molar-refractivity contribution is 0.103. The molecule has 0 heterocycles. The van der Waals surface area contributed by atoms with Crippen LogP contribution >= 0.6 is 0 Å². The highest BCUT2D eigenvalue weighted by molar-refractivity contribution is 6.13. The molecule has 39 heavy (non-hydrogen) atoms. The molecule has 0 saturated carbocycles. The number of rotatable bonds is 10. The summed E-state index contributed by atoms with van der Waals surface area (Å²) in [4.78, 5) is 14.0. The first-order valence-electron chi connectivity index (χ1n) is 13.4. The van der Waals surface area contributed by atoms with Gasteiger partial charge in [-0.2, -0.15) is 0 Å². The first-order chi connectivity index (χ1) is 19.1. The van der Waals surface area contributed by atoms with Gasteiger partial charge in [-0.05, 0) is 47.1 Å². The van der Waals surface area contributed by atoms with E-state index < -0.39 is 5.41 Å². The summed E-state index contributed by atoms with van der Waals surface area (Å²) in [6.07, 6.45) is 2.18. The molecule has 0 aliphatic heterocycles. The van der Waals surface area contributed by atoms with Crippen molar-refractivity contribution in [3.63, 3.8) is 0 Å². The summed E-state index contributed by atoms with van der Waals surface area (Å²) in [7, 11) is 0. The van der Waals surface area contributed by atoms with E-state index in [1.807, 2.05) is 66.7 Å². The van der Waals surface area contributed by atoms with Crippen molar-refractivity contribution in [2.75, 3.05) is 0 Å². The molecular formula is C37H33NO. The topological polar surface area (TPSA) is 43.1 Å². The van der Waals surface area contributed by atoms with Gasteiger partial charge in [-0.3, -0.25) is 4.79 Å². The fourth-order valence-corrected chi connectivity index (χ4v) is 5.62. The lowest BCUT2D eigenvalue weighted by atomic mass is 9.64. The van der Waals surface area contributed by atoms with E-state index in [1.165, 1.54) is 16.7 Å². The van der Waals surface area contributed by atoms with Gasteiger partial charge in [0.05, 0.1) is 5.70 Å². The van der Waals surface area contributed by atoms with Crippen LogP contribution < -0.4 is 5.73 Å². The number of allylic oxidation sites excluding steroid dienone is 2. The number of hydrogen-bond donors (Lipinski definition) is 1. The number of carbonyl (C=O) groups is 1. The molecule has 2 heteroatoms. The second-order valence-electron chi connectivity index (χ2n) is 10.1. The van der Waals surface area contributed by atoms with Gasteiger partial charge >= 0.3 is 0 Å². The molecule has 0 radical (unpaired) electrons. The van der Waals surface area contributed by atoms with Crippen molar-refractivity contribution >= 4 is 11.4 Å². The van der Waals surface area contributed by atoms with Gasteiger partial charge in [-0.15, -0.1) is 0 Å². The van der Waals surface area contributed by atoms with Crippen LogP contribution in [0.1, 0.15) is 32.6 Å². The average Bonchev–Trinajstić information content (AvgIpc) is 2.99. The Morgan fingerprint density at radius 2 is 0.769 bits per heavy atom. The van der Waals surface area contributed by atoms with Crippen LogP contribution in [0.15, 0.2) is 157 Å². The second-order valence-corrected chi connectivity index (χ2v) is 10.1. The molecule has 0 aromatic heterocycles. The SMILES string of the molecule is N/C(C(=O)c1ccccc1)=C(\c1ccccc1)C(Cc1ccccc1)(Cc1ccccc1)Cc1ccccc1. The van der Waals surface area contributed by atoms with E-state index in [0.29, 0.717) is 11.3 Å². The molecule has 0 bridgehead atoms.